The van der Waals surface area contributed by atoms with E-state index in [1.807, 2.05) is 44.4 Å². The highest BCUT2D eigenvalue weighted by atomic mass is 19.4. The Bertz CT molecular complexity index is 1470. The Morgan fingerprint density at radius 1 is 1.13 bits per heavy atom. The maximum atomic E-state index is 13.5. The molecule has 1 aliphatic heterocycles. The predicted molar refractivity (Wildman–Crippen MR) is 139 cm³/mol. The number of benzene rings is 1. The van der Waals surface area contributed by atoms with E-state index in [0.29, 0.717) is 5.95 Å². The summed E-state index contributed by atoms with van der Waals surface area (Å²) in [6.07, 6.45) is 4.26. The first-order valence-corrected chi connectivity index (χ1v) is 12.4. The van der Waals surface area contributed by atoms with Crippen molar-refractivity contribution in [3.05, 3.63) is 90.1 Å². The van der Waals surface area contributed by atoms with Crippen LogP contribution in [0.25, 0.3) is 11.1 Å². The Morgan fingerprint density at radius 3 is 2.44 bits per heavy atom. The summed E-state index contributed by atoms with van der Waals surface area (Å²) < 4.78 is 47.5. The van der Waals surface area contributed by atoms with Crippen LogP contribution in [-0.2, 0) is 29.4 Å². The monoisotopic (exact) mass is 536 g/mol. The highest BCUT2D eigenvalue weighted by Gasteiger charge is 2.67. The molecule has 0 unspecified atom stereocenters. The highest BCUT2D eigenvalue weighted by molar-refractivity contribution is 5.81. The van der Waals surface area contributed by atoms with Crippen molar-refractivity contribution in [1.29, 1.82) is 0 Å². The number of aromatic nitrogens is 4. The molecule has 1 aromatic carbocycles. The van der Waals surface area contributed by atoms with Crippen LogP contribution in [0.4, 0.5) is 24.8 Å². The third-order valence-electron chi connectivity index (χ3n) is 6.68. The Balaban J connectivity index is 1.20. The molecule has 202 valence electrons. The molecule has 11 heteroatoms. The second-order valence-electron chi connectivity index (χ2n) is 9.62. The maximum Gasteiger partial charge on any atom is 0.401 e. The number of halogens is 3. The number of ether oxygens (including phenoxy) is 1. The second-order valence-corrected chi connectivity index (χ2v) is 9.62. The summed E-state index contributed by atoms with van der Waals surface area (Å²) in [5.74, 6) is -0.0779. The number of carbonyl (C=O) groups excluding carboxylic acids is 1. The van der Waals surface area contributed by atoms with Gasteiger partial charge in [0.05, 0.1) is 17.8 Å². The smallest absolute Gasteiger partial charge is 0.401 e. The lowest BCUT2D eigenvalue weighted by Crippen LogP contribution is -2.30. The van der Waals surface area contributed by atoms with E-state index in [1.54, 1.807) is 17.1 Å². The number of aryl methyl sites for hydroxylation is 2. The summed E-state index contributed by atoms with van der Waals surface area (Å²) in [4.78, 5) is 21.4. The first-order valence-electron chi connectivity index (χ1n) is 12.4. The molecule has 1 aliphatic carbocycles. The van der Waals surface area contributed by atoms with Gasteiger partial charge in [0.25, 0.3) is 0 Å². The fourth-order valence-electron chi connectivity index (χ4n) is 4.43. The number of allylic oxidation sites excluding steroid dienone is 3. The molecule has 8 nitrogen and oxygen atoms in total. The Kier molecular flexibility index (Phi) is 6.75. The molecule has 3 heterocycles. The van der Waals surface area contributed by atoms with E-state index in [0.717, 1.165) is 34.5 Å². The van der Waals surface area contributed by atoms with E-state index in [2.05, 4.69) is 32.3 Å². The average molecular weight is 537 g/mol. The number of hydrogen-bond donors (Lipinski definition) is 2. The number of nitrogens with zero attached hydrogens (tertiary/aromatic N) is 4. The zero-order valence-corrected chi connectivity index (χ0v) is 21.5. The van der Waals surface area contributed by atoms with Crippen molar-refractivity contribution >= 4 is 17.5 Å². The molecule has 0 radical (unpaired) electrons. The zero-order valence-electron chi connectivity index (χ0n) is 21.5. The largest absolute Gasteiger partial charge is 0.461 e. The molecule has 1 saturated carbocycles. The van der Waals surface area contributed by atoms with E-state index in [4.69, 9.17) is 4.74 Å². The molecule has 0 atom stereocenters. The van der Waals surface area contributed by atoms with Crippen molar-refractivity contribution in [3.63, 3.8) is 0 Å². The van der Waals surface area contributed by atoms with E-state index < -0.39 is 11.6 Å². The van der Waals surface area contributed by atoms with Gasteiger partial charge in [-0.15, -0.1) is 0 Å². The fourth-order valence-corrected chi connectivity index (χ4v) is 4.43. The van der Waals surface area contributed by atoms with Crippen LogP contribution in [0.1, 0.15) is 31.0 Å². The number of rotatable bonds is 8. The molecule has 39 heavy (non-hydrogen) atoms. The number of carbonyl (C=O) groups is 1. The molecule has 2 aromatic heterocycles. The summed E-state index contributed by atoms with van der Waals surface area (Å²) >= 11 is 0. The molecule has 5 rings (SSSR count). The number of hydrogen-bond acceptors (Lipinski definition) is 6. The van der Waals surface area contributed by atoms with Crippen molar-refractivity contribution in [1.82, 2.24) is 25.1 Å². The van der Waals surface area contributed by atoms with Gasteiger partial charge in [0.1, 0.15) is 16.9 Å². The predicted octanol–water partition coefficient (Wildman–Crippen LogP) is 5.50. The minimum absolute atomic E-state index is 0.0439. The van der Waals surface area contributed by atoms with Gasteiger partial charge < -0.3 is 15.4 Å². The minimum atomic E-state index is -4.42. The fraction of sp³-hybridized carbons (Fsp3) is 0.286. The molecule has 1 amide bonds. The van der Waals surface area contributed by atoms with Gasteiger partial charge in [-0.25, -0.2) is 9.97 Å². The van der Waals surface area contributed by atoms with Crippen molar-refractivity contribution in [3.8, 4) is 11.1 Å². The average Bonchev–Trinajstić information content (AvgIpc) is 3.63. The molecule has 1 fully saturated rings. The SMILES string of the molecule is C=C1C=C(NC(=O)Cc2ccc(-c3cnc(Nc4cn(C)nc4CC)nc3)cc2)C=C(C2(C(F)(F)F)CC2)O1. The van der Waals surface area contributed by atoms with E-state index >= 15 is 0 Å². The lowest BCUT2D eigenvalue weighted by atomic mass is 10.0. The highest BCUT2D eigenvalue weighted by Crippen LogP contribution is 2.63. The van der Waals surface area contributed by atoms with Gasteiger partial charge in [0.15, 0.2) is 0 Å². The molecule has 0 spiro atoms. The van der Waals surface area contributed by atoms with Crippen LogP contribution in [0.3, 0.4) is 0 Å². The van der Waals surface area contributed by atoms with Crippen molar-refractivity contribution < 1.29 is 22.7 Å². The number of nitrogens with one attached hydrogen (secondary N) is 2. The number of anilines is 2. The maximum absolute atomic E-state index is 13.5. The summed E-state index contributed by atoms with van der Waals surface area (Å²) in [5.41, 5.74) is 2.43. The Labute approximate surface area is 223 Å². The van der Waals surface area contributed by atoms with Crippen LogP contribution in [0.15, 0.2) is 78.8 Å². The van der Waals surface area contributed by atoms with E-state index in [1.165, 1.54) is 12.2 Å². The van der Waals surface area contributed by atoms with Gasteiger partial charge >= 0.3 is 6.18 Å². The van der Waals surface area contributed by atoms with Gasteiger partial charge in [0, 0.05) is 49.1 Å². The summed E-state index contributed by atoms with van der Waals surface area (Å²) in [6, 6.07) is 7.34. The molecule has 3 aromatic rings. The van der Waals surface area contributed by atoms with Gasteiger partial charge in [-0.05, 0) is 30.4 Å². The number of alkyl halides is 3. The first kappa shape index (κ1) is 26.2. The van der Waals surface area contributed by atoms with Crippen molar-refractivity contribution in [2.45, 2.75) is 38.8 Å². The van der Waals surface area contributed by atoms with E-state index in [-0.39, 0.29) is 42.4 Å². The molecule has 0 bridgehead atoms. The van der Waals surface area contributed by atoms with Crippen molar-refractivity contribution in [2.75, 3.05) is 5.32 Å². The van der Waals surface area contributed by atoms with Gasteiger partial charge in [0.2, 0.25) is 11.9 Å². The van der Waals surface area contributed by atoms with Crippen LogP contribution in [0.5, 0.6) is 0 Å². The van der Waals surface area contributed by atoms with Crippen LogP contribution in [0.2, 0.25) is 0 Å². The third kappa shape index (κ3) is 5.57. The molecular formula is C28H27F3N6O2. The molecule has 2 aliphatic rings. The molecular weight excluding hydrogens is 509 g/mol. The summed E-state index contributed by atoms with van der Waals surface area (Å²) in [7, 11) is 1.86. The zero-order chi connectivity index (χ0) is 27.8. The Morgan fingerprint density at radius 2 is 1.82 bits per heavy atom. The van der Waals surface area contributed by atoms with Crippen LogP contribution >= 0.6 is 0 Å². The second kappa shape index (κ2) is 10.0. The van der Waals surface area contributed by atoms with Crippen molar-refractivity contribution in [2.24, 2.45) is 12.5 Å². The topological polar surface area (TPSA) is 94.0 Å². The van der Waals surface area contributed by atoms with E-state index in [9.17, 15) is 18.0 Å². The standard InChI is InChI=1S/C28H27F3N6O2/c1-4-22-23(16-37(3)36-22)35-26-32-14-20(15-33-26)19-7-5-18(6-8-19)12-25(38)34-21-11-17(2)39-24(13-21)27(9-10-27)28(29,30)31/h5-8,11,13-16H,2,4,9-10,12H2,1,3H3,(H,34,38)(H,32,33,35). The minimum Gasteiger partial charge on any atom is -0.461 e. The quantitative estimate of drug-likeness (QED) is 0.395. The lowest BCUT2D eigenvalue weighted by Gasteiger charge is -2.26. The van der Waals surface area contributed by atoms with Crippen LogP contribution < -0.4 is 10.6 Å². The van der Waals surface area contributed by atoms with Gasteiger partial charge in [-0.2, -0.15) is 18.3 Å². The normalized spacial score (nSPS) is 16.2. The van der Waals surface area contributed by atoms with Gasteiger partial charge in [-0.3, -0.25) is 9.48 Å². The van der Waals surface area contributed by atoms with Crippen LogP contribution in [0, 0.1) is 5.41 Å². The first-order chi connectivity index (χ1) is 18.6. The lowest BCUT2D eigenvalue weighted by molar-refractivity contribution is -0.183. The van der Waals surface area contributed by atoms with Gasteiger partial charge in [-0.1, -0.05) is 37.8 Å². The summed E-state index contributed by atoms with van der Waals surface area (Å²) in [6.45, 7) is 5.65. The summed E-state index contributed by atoms with van der Waals surface area (Å²) in [5, 5.41) is 10.2. The molecule has 2 N–H and O–H groups in total. The Hall–Kier alpha value is -4.41. The number of amides is 1. The third-order valence-corrected chi connectivity index (χ3v) is 6.68. The van der Waals surface area contributed by atoms with Crippen LogP contribution in [-0.4, -0.2) is 31.8 Å². The molecule has 0 saturated heterocycles.